The summed E-state index contributed by atoms with van der Waals surface area (Å²) in [7, 11) is 0. The van der Waals surface area contributed by atoms with Gasteiger partial charge < -0.3 is 20.9 Å². The van der Waals surface area contributed by atoms with E-state index in [1.54, 1.807) is 42.6 Å². The number of aliphatic carboxylic acids is 1. The van der Waals surface area contributed by atoms with Gasteiger partial charge in [0, 0.05) is 17.3 Å². The maximum Gasteiger partial charge on any atom is 0.320 e. The molecule has 1 atom stereocenters. The summed E-state index contributed by atoms with van der Waals surface area (Å²) >= 11 is 0. The van der Waals surface area contributed by atoms with Crippen LogP contribution >= 0.6 is 0 Å². The van der Waals surface area contributed by atoms with Crippen molar-refractivity contribution in [2.75, 3.05) is 13.2 Å². The summed E-state index contributed by atoms with van der Waals surface area (Å²) in [5.74, 6) is -0.571. The lowest BCUT2D eigenvalue weighted by Crippen LogP contribution is -2.32. The van der Waals surface area contributed by atoms with Crippen LogP contribution in [0, 0.1) is 0 Å². The lowest BCUT2D eigenvalue weighted by Gasteiger charge is -2.10. The molecule has 0 aliphatic heterocycles. The Bertz CT molecular complexity index is 974. The van der Waals surface area contributed by atoms with Gasteiger partial charge in [-0.05, 0) is 48.4 Å². The third-order valence-electron chi connectivity index (χ3n) is 4.46. The normalized spacial score (nSPS) is 11.5. The number of aromatic nitrogens is 1. The Balaban J connectivity index is 1.43. The molecule has 7 heteroatoms. The van der Waals surface area contributed by atoms with Crippen molar-refractivity contribution >= 4 is 11.9 Å². The fourth-order valence-corrected chi connectivity index (χ4v) is 2.82. The van der Waals surface area contributed by atoms with Gasteiger partial charge in [-0.15, -0.1) is 0 Å². The molecular formula is C23H23N3O4. The highest BCUT2D eigenvalue weighted by Crippen LogP contribution is 2.17. The lowest BCUT2D eigenvalue weighted by atomic mass is 10.1. The fourth-order valence-electron chi connectivity index (χ4n) is 2.82. The van der Waals surface area contributed by atoms with Gasteiger partial charge in [0.05, 0.1) is 12.2 Å². The topological polar surface area (TPSA) is 115 Å². The van der Waals surface area contributed by atoms with Crippen molar-refractivity contribution in [2.24, 2.45) is 5.73 Å². The number of hydrogen-bond acceptors (Lipinski definition) is 5. The highest BCUT2D eigenvalue weighted by molar-refractivity contribution is 5.94. The average molecular weight is 405 g/mol. The van der Waals surface area contributed by atoms with Crippen LogP contribution in [0.5, 0.6) is 5.75 Å². The van der Waals surface area contributed by atoms with Crippen LogP contribution in [0.2, 0.25) is 0 Å². The Labute approximate surface area is 174 Å². The molecule has 3 rings (SSSR count). The number of pyridine rings is 1. The highest BCUT2D eigenvalue weighted by atomic mass is 16.5. The predicted molar refractivity (Wildman–Crippen MR) is 113 cm³/mol. The first kappa shape index (κ1) is 21.0. The number of carbonyl (C=O) groups excluding carboxylic acids is 1. The first-order chi connectivity index (χ1) is 14.5. The summed E-state index contributed by atoms with van der Waals surface area (Å²) in [5, 5.41) is 11.7. The molecule has 30 heavy (non-hydrogen) atoms. The van der Waals surface area contributed by atoms with Crippen LogP contribution < -0.4 is 15.8 Å². The van der Waals surface area contributed by atoms with Gasteiger partial charge in [-0.25, -0.2) is 0 Å². The van der Waals surface area contributed by atoms with Crippen LogP contribution in [0.25, 0.3) is 11.3 Å². The largest absolute Gasteiger partial charge is 0.492 e. The maximum absolute atomic E-state index is 12.3. The Morgan fingerprint density at radius 2 is 1.77 bits per heavy atom. The van der Waals surface area contributed by atoms with Gasteiger partial charge in [0.15, 0.2) is 0 Å². The minimum atomic E-state index is -1.03. The number of carboxylic acid groups (broad SMARTS) is 1. The molecule has 1 aromatic heterocycles. The fraction of sp³-hybridized carbons (Fsp3) is 0.174. The molecule has 7 nitrogen and oxygen atoms in total. The van der Waals surface area contributed by atoms with Crippen LogP contribution in [-0.4, -0.2) is 41.2 Å². The van der Waals surface area contributed by atoms with Gasteiger partial charge in [0.25, 0.3) is 5.91 Å². The molecular weight excluding hydrogens is 382 g/mol. The number of carbonyl (C=O) groups is 2. The first-order valence-electron chi connectivity index (χ1n) is 9.53. The van der Waals surface area contributed by atoms with Crippen molar-refractivity contribution in [3.05, 3.63) is 84.1 Å². The van der Waals surface area contributed by atoms with E-state index in [0.717, 1.165) is 16.8 Å². The second-order valence-corrected chi connectivity index (χ2v) is 6.69. The summed E-state index contributed by atoms with van der Waals surface area (Å²) < 4.78 is 5.61. The second kappa shape index (κ2) is 10.2. The van der Waals surface area contributed by atoms with E-state index in [0.29, 0.717) is 24.5 Å². The Kier molecular flexibility index (Phi) is 7.13. The Morgan fingerprint density at radius 1 is 1.03 bits per heavy atom. The van der Waals surface area contributed by atoms with E-state index < -0.39 is 12.0 Å². The zero-order valence-corrected chi connectivity index (χ0v) is 16.3. The molecule has 1 heterocycles. The van der Waals surface area contributed by atoms with Crippen LogP contribution in [0.3, 0.4) is 0 Å². The molecule has 0 saturated heterocycles. The SMILES string of the molecule is N[C@@H](Cc1ccc(OCCNC(=O)c2ccc(-c3ccccn3)cc2)cc1)C(=O)O. The molecule has 1 amide bonds. The van der Waals surface area contributed by atoms with Gasteiger partial charge in [0.1, 0.15) is 18.4 Å². The first-order valence-corrected chi connectivity index (χ1v) is 9.53. The quantitative estimate of drug-likeness (QED) is 0.471. The number of nitrogens with one attached hydrogen (secondary N) is 1. The summed E-state index contributed by atoms with van der Waals surface area (Å²) in [4.78, 5) is 27.4. The third-order valence-corrected chi connectivity index (χ3v) is 4.46. The summed E-state index contributed by atoms with van der Waals surface area (Å²) in [6.07, 6.45) is 1.99. The molecule has 0 aliphatic rings. The standard InChI is InChI=1S/C23H23N3O4/c24-20(23(28)29)15-16-4-10-19(11-5-16)30-14-13-26-22(27)18-8-6-17(7-9-18)21-3-1-2-12-25-21/h1-12,20H,13-15,24H2,(H,26,27)(H,28,29)/t20-/m0/s1. The number of amides is 1. The van der Waals surface area contributed by atoms with E-state index in [4.69, 9.17) is 15.6 Å². The Hall–Kier alpha value is -3.71. The average Bonchev–Trinajstić information content (AvgIpc) is 2.78. The lowest BCUT2D eigenvalue weighted by molar-refractivity contribution is -0.138. The second-order valence-electron chi connectivity index (χ2n) is 6.69. The van der Waals surface area contributed by atoms with E-state index in [2.05, 4.69) is 10.3 Å². The third kappa shape index (κ3) is 5.89. The maximum atomic E-state index is 12.3. The molecule has 0 radical (unpaired) electrons. The number of hydrogen-bond donors (Lipinski definition) is 3. The van der Waals surface area contributed by atoms with Crippen molar-refractivity contribution < 1.29 is 19.4 Å². The molecule has 0 bridgehead atoms. The molecule has 0 unspecified atom stereocenters. The summed E-state index contributed by atoms with van der Waals surface area (Å²) in [6.45, 7) is 0.665. The van der Waals surface area contributed by atoms with E-state index >= 15 is 0 Å². The monoisotopic (exact) mass is 405 g/mol. The number of nitrogens with two attached hydrogens (primary N) is 1. The van der Waals surface area contributed by atoms with E-state index in [1.807, 2.05) is 30.3 Å². The molecule has 3 aromatic rings. The number of rotatable bonds is 9. The highest BCUT2D eigenvalue weighted by Gasteiger charge is 2.12. The van der Waals surface area contributed by atoms with Crippen molar-refractivity contribution in [2.45, 2.75) is 12.5 Å². The van der Waals surface area contributed by atoms with Gasteiger partial charge >= 0.3 is 5.97 Å². The molecule has 154 valence electrons. The smallest absolute Gasteiger partial charge is 0.320 e. The van der Waals surface area contributed by atoms with Crippen LogP contribution in [0.1, 0.15) is 15.9 Å². The van der Waals surface area contributed by atoms with E-state index in [9.17, 15) is 9.59 Å². The Morgan fingerprint density at radius 3 is 2.40 bits per heavy atom. The molecule has 0 saturated carbocycles. The van der Waals surface area contributed by atoms with Crippen LogP contribution in [0.15, 0.2) is 72.9 Å². The number of ether oxygens (including phenoxy) is 1. The minimum Gasteiger partial charge on any atom is -0.492 e. The van der Waals surface area contributed by atoms with Crippen molar-refractivity contribution in [3.8, 4) is 17.0 Å². The van der Waals surface area contributed by atoms with Crippen LogP contribution in [0.4, 0.5) is 0 Å². The molecule has 4 N–H and O–H groups in total. The van der Waals surface area contributed by atoms with E-state index in [1.165, 1.54) is 0 Å². The molecule has 0 aliphatic carbocycles. The van der Waals surface area contributed by atoms with Crippen molar-refractivity contribution in [1.82, 2.24) is 10.3 Å². The predicted octanol–water partition coefficient (Wildman–Crippen LogP) is 2.51. The summed E-state index contributed by atoms with van der Waals surface area (Å²) in [5.41, 5.74) is 8.71. The van der Waals surface area contributed by atoms with Gasteiger partial charge in [-0.3, -0.25) is 14.6 Å². The molecule has 0 fully saturated rings. The zero-order chi connectivity index (χ0) is 21.3. The van der Waals surface area contributed by atoms with Crippen molar-refractivity contribution in [1.29, 1.82) is 0 Å². The van der Waals surface area contributed by atoms with Crippen molar-refractivity contribution in [3.63, 3.8) is 0 Å². The molecule has 0 spiro atoms. The van der Waals surface area contributed by atoms with E-state index in [-0.39, 0.29) is 12.3 Å². The molecule has 2 aromatic carbocycles. The minimum absolute atomic E-state index is 0.177. The van der Waals surface area contributed by atoms with Crippen LogP contribution in [-0.2, 0) is 11.2 Å². The zero-order valence-electron chi connectivity index (χ0n) is 16.3. The van der Waals surface area contributed by atoms with Gasteiger partial charge in [0.2, 0.25) is 0 Å². The summed E-state index contributed by atoms with van der Waals surface area (Å²) in [6, 6.07) is 19.1. The van der Waals surface area contributed by atoms with Gasteiger partial charge in [-0.2, -0.15) is 0 Å². The number of nitrogens with zero attached hydrogens (tertiary/aromatic N) is 1. The number of benzene rings is 2. The number of carboxylic acids is 1. The van der Waals surface area contributed by atoms with Gasteiger partial charge in [-0.1, -0.05) is 30.3 Å².